The highest BCUT2D eigenvalue weighted by atomic mass is 19.4. The maximum Gasteiger partial charge on any atom is 0.455 e. The van der Waals surface area contributed by atoms with Crippen LogP contribution in [0.3, 0.4) is 0 Å². The van der Waals surface area contributed by atoms with Crippen molar-refractivity contribution in [2.24, 2.45) is 0 Å². The summed E-state index contributed by atoms with van der Waals surface area (Å²) in [4.78, 5) is 26.1. The van der Waals surface area contributed by atoms with Crippen molar-refractivity contribution < 1.29 is 22.5 Å². The molecule has 3 aromatic carbocycles. The molecule has 5 aromatic rings. The lowest BCUT2D eigenvalue weighted by Crippen LogP contribution is -2.34. The number of aromatic nitrogens is 2. The molecule has 0 saturated heterocycles. The van der Waals surface area contributed by atoms with Gasteiger partial charge in [-0.25, -0.2) is 0 Å². The maximum absolute atomic E-state index is 13.7. The van der Waals surface area contributed by atoms with Crippen LogP contribution in [0.4, 0.5) is 13.2 Å². The molecule has 0 amide bonds. The topological polar surface area (TPSA) is 65.1 Å². The standard InChI is InChI=1S/C28H19F3N2O3/c1-17-11-13-18(14-12-17)22-15-20(36-32-22)16-33-23-10-6-5-9-21(23)24(19-7-3-2-4-8-19)25(27(33)35)26(34)28(29,30)31/h2-15H,16H2,1H3. The number of rotatable bonds is 5. The van der Waals surface area contributed by atoms with E-state index in [1.807, 2.05) is 31.2 Å². The Bertz CT molecular complexity index is 1630. The molecule has 0 N–H and O–H groups in total. The van der Waals surface area contributed by atoms with Gasteiger partial charge in [-0.1, -0.05) is 83.5 Å². The number of hydrogen-bond acceptors (Lipinski definition) is 4. The Morgan fingerprint density at radius 2 is 1.58 bits per heavy atom. The minimum Gasteiger partial charge on any atom is -0.359 e. The van der Waals surface area contributed by atoms with E-state index >= 15 is 0 Å². The summed E-state index contributed by atoms with van der Waals surface area (Å²) in [5.41, 5.74) is 1.07. The monoisotopic (exact) mass is 488 g/mol. The first-order valence-corrected chi connectivity index (χ1v) is 11.1. The Balaban J connectivity index is 1.72. The molecule has 0 atom stereocenters. The Morgan fingerprint density at radius 1 is 0.917 bits per heavy atom. The van der Waals surface area contributed by atoms with Gasteiger partial charge in [0, 0.05) is 22.6 Å². The number of pyridine rings is 1. The van der Waals surface area contributed by atoms with E-state index in [9.17, 15) is 22.8 Å². The van der Waals surface area contributed by atoms with Gasteiger partial charge in [0.1, 0.15) is 11.3 Å². The molecule has 0 aliphatic rings. The van der Waals surface area contributed by atoms with Gasteiger partial charge < -0.3 is 4.52 Å². The second-order valence-electron chi connectivity index (χ2n) is 8.40. The highest BCUT2D eigenvalue weighted by Crippen LogP contribution is 2.34. The molecule has 36 heavy (non-hydrogen) atoms. The minimum absolute atomic E-state index is 0.0484. The number of nitrogens with zero attached hydrogens (tertiary/aromatic N) is 2. The van der Waals surface area contributed by atoms with E-state index < -0.39 is 23.1 Å². The molecule has 0 fully saturated rings. The highest BCUT2D eigenvalue weighted by molar-refractivity contribution is 6.11. The summed E-state index contributed by atoms with van der Waals surface area (Å²) >= 11 is 0. The second-order valence-corrected chi connectivity index (χ2v) is 8.40. The van der Waals surface area contributed by atoms with E-state index in [0.29, 0.717) is 22.2 Å². The number of carbonyl (C=O) groups excluding carboxylic acids is 1. The van der Waals surface area contributed by atoms with Gasteiger partial charge in [-0.05, 0) is 18.6 Å². The number of para-hydroxylation sites is 1. The van der Waals surface area contributed by atoms with Crippen molar-refractivity contribution in [3.63, 3.8) is 0 Å². The van der Waals surface area contributed by atoms with Crippen molar-refractivity contribution in [3.8, 4) is 22.4 Å². The van der Waals surface area contributed by atoms with E-state index in [-0.39, 0.29) is 17.9 Å². The summed E-state index contributed by atoms with van der Waals surface area (Å²) in [5.74, 6) is -1.93. The van der Waals surface area contributed by atoms with Crippen LogP contribution >= 0.6 is 0 Å². The van der Waals surface area contributed by atoms with Crippen molar-refractivity contribution in [2.75, 3.05) is 0 Å². The summed E-state index contributed by atoms with van der Waals surface area (Å²) in [6.07, 6.45) is -5.23. The fourth-order valence-corrected chi connectivity index (χ4v) is 4.22. The molecule has 180 valence electrons. The number of benzene rings is 3. The highest BCUT2D eigenvalue weighted by Gasteiger charge is 2.43. The molecule has 2 aromatic heterocycles. The molecule has 0 aliphatic carbocycles. The molecular formula is C28H19F3N2O3. The number of fused-ring (bicyclic) bond motifs is 1. The van der Waals surface area contributed by atoms with Crippen LogP contribution in [0.1, 0.15) is 21.7 Å². The number of hydrogen-bond donors (Lipinski definition) is 0. The van der Waals surface area contributed by atoms with E-state index in [0.717, 1.165) is 15.7 Å². The molecule has 0 saturated carbocycles. The van der Waals surface area contributed by atoms with Gasteiger partial charge in [-0.3, -0.25) is 14.2 Å². The van der Waals surface area contributed by atoms with Crippen molar-refractivity contribution in [3.05, 3.63) is 112 Å². The van der Waals surface area contributed by atoms with Gasteiger partial charge >= 0.3 is 6.18 Å². The van der Waals surface area contributed by atoms with Crippen LogP contribution in [0, 0.1) is 6.92 Å². The number of alkyl halides is 3. The minimum atomic E-state index is -5.23. The SMILES string of the molecule is Cc1ccc(-c2cc(Cn3c(=O)c(C(=O)C(F)(F)F)c(-c4ccccc4)c4ccccc43)on2)cc1. The summed E-state index contributed by atoms with van der Waals surface area (Å²) in [6, 6.07) is 23.9. The summed E-state index contributed by atoms with van der Waals surface area (Å²) in [5, 5.41) is 4.39. The molecule has 0 spiro atoms. The maximum atomic E-state index is 13.7. The van der Waals surface area contributed by atoms with E-state index in [2.05, 4.69) is 5.16 Å². The van der Waals surface area contributed by atoms with Gasteiger partial charge in [-0.15, -0.1) is 0 Å². The first kappa shape index (κ1) is 23.3. The third-order valence-electron chi connectivity index (χ3n) is 5.94. The van der Waals surface area contributed by atoms with Gasteiger partial charge in [0.25, 0.3) is 11.3 Å². The quantitative estimate of drug-likeness (QED) is 0.268. The third kappa shape index (κ3) is 4.22. The Labute approximate surface area is 203 Å². The zero-order valence-electron chi connectivity index (χ0n) is 19.0. The average molecular weight is 488 g/mol. The molecular weight excluding hydrogens is 469 g/mol. The van der Waals surface area contributed by atoms with Crippen molar-refractivity contribution in [1.29, 1.82) is 0 Å². The van der Waals surface area contributed by atoms with E-state index in [4.69, 9.17) is 4.52 Å². The van der Waals surface area contributed by atoms with Crippen LogP contribution < -0.4 is 5.56 Å². The van der Waals surface area contributed by atoms with Crippen molar-refractivity contribution >= 4 is 16.7 Å². The van der Waals surface area contributed by atoms with Crippen LogP contribution in [0.15, 0.2) is 94.2 Å². The third-order valence-corrected chi connectivity index (χ3v) is 5.94. The lowest BCUT2D eigenvalue weighted by Gasteiger charge is -2.18. The van der Waals surface area contributed by atoms with Crippen LogP contribution in [-0.4, -0.2) is 21.7 Å². The number of aryl methyl sites for hydroxylation is 1. The van der Waals surface area contributed by atoms with Crippen LogP contribution in [0.2, 0.25) is 0 Å². The van der Waals surface area contributed by atoms with Crippen LogP contribution in [0.25, 0.3) is 33.3 Å². The molecule has 0 aliphatic heterocycles. The zero-order valence-corrected chi connectivity index (χ0v) is 19.0. The largest absolute Gasteiger partial charge is 0.455 e. The van der Waals surface area contributed by atoms with E-state index in [1.165, 1.54) is 0 Å². The van der Waals surface area contributed by atoms with Gasteiger partial charge in [0.15, 0.2) is 5.76 Å². The molecule has 5 rings (SSSR count). The normalized spacial score (nSPS) is 11.7. The fraction of sp³-hybridized carbons (Fsp3) is 0.107. The Kier molecular flexibility index (Phi) is 5.80. The molecule has 0 unspecified atom stereocenters. The molecule has 0 radical (unpaired) electrons. The number of Topliss-reactive ketones (excluding diaryl/α,β-unsaturated/α-hetero) is 1. The molecule has 0 bridgehead atoms. The number of ketones is 1. The lowest BCUT2D eigenvalue weighted by molar-refractivity contribution is -0.0885. The van der Waals surface area contributed by atoms with E-state index in [1.54, 1.807) is 60.7 Å². The summed E-state index contributed by atoms with van der Waals surface area (Å²) in [7, 11) is 0. The lowest BCUT2D eigenvalue weighted by atomic mass is 9.93. The zero-order chi connectivity index (χ0) is 25.4. The Morgan fingerprint density at radius 3 is 2.28 bits per heavy atom. The summed E-state index contributed by atoms with van der Waals surface area (Å²) < 4.78 is 47.5. The first-order valence-electron chi connectivity index (χ1n) is 11.1. The predicted molar refractivity (Wildman–Crippen MR) is 130 cm³/mol. The number of halogens is 3. The fourth-order valence-electron chi connectivity index (χ4n) is 4.22. The average Bonchev–Trinajstić information content (AvgIpc) is 3.34. The van der Waals surface area contributed by atoms with Crippen molar-refractivity contribution in [1.82, 2.24) is 9.72 Å². The Hall–Kier alpha value is -4.46. The summed E-state index contributed by atoms with van der Waals surface area (Å²) in [6.45, 7) is 1.75. The van der Waals surface area contributed by atoms with Gasteiger partial charge in [0.05, 0.1) is 12.1 Å². The number of carbonyl (C=O) groups is 1. The van der Waals surface area contributed by atoms with Crippen LogP contribution in [0.5, 0.6) is 0 Å². The predicted octanol–water partition coefficient (Wildman–Crippen LogP) is 6.43. The second kappa shape index (κ2) is 8.96. The van der Waals surface area contributed by atoms with Crippen LogP contribution in [-0.2, 0) is 6.54 Å². The smallest absolute Gasteiger partial charge is 0.359 e. The molecule has 2 heterocycles. The first-order chi connectivity index (χ1) is 17.2. The molecule has 5 nitrogen and oxygen atoms in total. The van der Waals surface area contributed by atoms with Crippen molar-refractivity contribution in [2.45, 2.75) is 19.6 Å². The molecule has 8 heteroatoms. The van der Waals surface area contributed by atoms with Gasteiger partial charge in [0.2, 0.25) is 0 Å². The van der Waals surface area contributed by atoms with Gasteiger partial charge in [-0.2, -0.15) is 13.2 Å².